The Balaban J connectivity index is 1.46. The highest BCUT2D eigenvalue weighted by Crippen LogP contribution is 2.30. The number of methoxy groups -OCH3 is 1. The van der Waals surface area contributed by atoms with E-state index in [0.717, 1.165) is 12.3 Å². The van der Waals surface area contributed by atoms with Crippen molar-refractivity contribution in [1.82, 2.24) is 9.88 Å². The van der Waals surface area contributed by atoms with Crippen molar-refractivity contribution in [3.05, 3.63) is 47.1 Å². The second-order valence-electron chi connectivity index (χ2n) is 6.87. The standard InChI is InChI=1S/C20H22ClF3N4O2/c1-30-17-4-3-15(21)12-16(17)26-19(29)6-7-27-8-10-28(11-9-27)18-5-2-14(13-25-18)20(22,23)24/h2-5,12-13H,6-11H2,1H3,(H,26,29). The van der Waals surface area contributed by atoms with Crippen LogP contribution < -0.4 is 15.0 Å². The number of nitrogens with one attached hydrogen (secondary N) is 1. The zero-order chi connectivity index (χ0) is 21.7. The van der Waals surface area contributed by atoms with Crippen molar-refractivity contribution < 1.29 is 22.7 Å². The fourth-order valence-electron chi connectivity index (χ4n) is 3.19. The van der Waals surface area contributed by atoms with Gasteiger partial charge in [0.1, 0.15) is 11.6 Å². The second kappa shape index (κ2) is 9.53. The number of aromatic nitrogens is 1. The van der Waals surface area contributed by atoms with Crippen LogP contribution in [0.25, 0.3) is 0 Å². The first-order valence-corrected chi connectivity index (χ1v) is 9.78. The minimum atomic E-state index is -4.39. The van der Waals surface area contributed by atoms with E-state index in [0.29, 0.717) is 61.4 Å². The van der Waals surface area contributed by atoms with Gasteiger partial charge in [0.2, 0.25) is 5.91 Å². The highest BCUT2D eigenvalue weighted by molar-refractivity contribution is 6.31. The molecular formula is C20H22ClF3N4O2. The number of amides is 1. The lowest BCUT2D eigenvalue weighted by molar-refractivity contribution is -0.137. The molecule has 162 valence electrons. The molecule has 0 unspecified atom stereocenters. The summed E-state index contributed by atoms with van der Waals surface area (Å²) >= 11 is 5.97. The molecule has 1 saturated heterocycles. The van der Waals surface area contributed by atoms with Crippen molar-refractivity contribution in [2.24, 2.45) is 0 Å². The summed E-state index contributed by atoms with van der Waals surface area (Å²) in [5.74, 6) is 0.904. The predicted octanol–water partition coefficient (Wildman–Crippen LogP) is 3.91. The molecule has 1 fully saturated rings. The van der Waals surface area contributed by atoms with Gasteiger partial charge in [0.05, 0.1) is 18.4 Å². The van der Waals surface area contributed by atoms with Gasteiger partial charge in [0, 0.05) is 50.4 Å². The Labute approximate surface area is 177 Å². The molecule has 0 radical (unpaired) electrons. The van der Waals surface area contributed by atoms with E-state index in [4.69, 9.17) is 16.3 Å². The van der Waals surface area contributed by atoms with E-state index in [1.807, 2.05) is 4.90 Å². The van der Waals surface area contributed by atoms with Crippen LogP contribution >= 0.6 is 11.6 Å². The fraction of sp³-hybridized carbons (Fsp3) is 0.400. The molecule has 0 bridgehead atoms. The maximum Gasteiger partial charge on any atom is 0.417 e. The highest BCUT2D eigenvalue weighted by atomic mass is 35.5. The zero-order valence-corrected chi connectivity index (χ0v) is 17.1. The van der Waals surface area contributed by atoms with Crippen LogP contribution in [0.5, 0.6) is 5.75 Å². The number of pyridine rings is 1. The van der Waals surface area contributed by atoms with Gasteiger partial charge in [0.15, 0.2) is 0 Å². The van der Waals surface area contributed by atoms with Gasteiger partial charge in [-0.05, 0) is 30.3 Å². The lowest BCUT2D eigenvalue weighted by atomic mass is 10.2. The van der Waals surface area contributed by atoms with E-state index in [1.54, 1.807) is 18.2 Å². The summed E-state index contributed by atoms with van der Waals surface area (Å²) < 4.78 is 43.2. The summed E-state index contributed by atoms with van der Waals surface area (Å²) in [6, 6.07) is 7.44. The molecule has 1 amide bonds. The van der Waals surface area contributed by atoms with E-state index in [-0.39, 0.29) is 5.91 Å². The van der Waals surface area contributed by atoms with Gasteiger partial charge in [-0.1, -0.05) is 11.6 Å². The highest BCUT2D eigenvalue weighted by Gasteiger charge is 2.31. The van der Waals surface area contributed by atoms with Crippen LogP contribution in [-0.2, 0) is 11.0 Å². The molecule has 1 aromatic heterocycles. The zero-order valence-electron chi connectivity index (χ0n) is 16.4. The van der Waals surface area contributed by atoms with Gasteiger partial charge >= 0.3 is 6.18 Å². The molecule has 1 aliphatic rings. The summed E-state index contributed by atoms with van der Waals surface area (Å²) in [5, 5.41) is 3.31. The Morgan fingerprint density at radius 2 is 1.93 bits per heavy atom. The number of carbonyl (C=O) groups excluding carboxylic acids is 1. The lowest BCUT2D eigenvalue weighted by Crippen LogP contribution is -2.47. The van der Waals surface area contributed by atoms with E-state index >= 15 is 0 Å². The molecule has 3 rings (SSSR count). The third-order valence-corrected chi connectivity index (χ3v) is 5.10. The minimum absolute atomic E-state index is 0.151. The van der Waals surface area contributed by atoms with Gasteiger partial charge in [-0.3, -0.25) is 9.69 Å². The number of anilines is 2. The third-order valence-electron chi connectivity index (χ3n) is 4.86. The van der Waals surface area contributed by atoms with Crippen LogP contribution in [0.2, 0.25) is 5.02 Å². The van der Waals surface area contributed by atoms with Crippen molar-refractivity contribution in [3.63, 3.8) is 0 Å². The van der Waals surface area contributed by atoms with E-state index in [1.165, 1.54) is 13.2 Å². The van der Waals surface area contributed by atoms with Crippen LogP contribution in [-0.4, -0.2) is 55.6 Å². The van der Waals surface area contributed by atoms with Crippen molar-refractivity contribution >= 4 is 29.0 Å². The minimum Gasteiger partial charge on any atom is -0.495 e. The van der Waals surface area contributed by atoms with Crippen LogP contribution in [0.3, 0.4) is 0 Å². The Bertz CT molecular complexity index is 869. The van der Waals surface area contributed by atoms with Crippen LogP contribution in [0, 0.1) is 0 Å². The van der Waals surface area contributed by atoms with Crippen molar-refractivity contribution in [2.45, 2.75) is 12.6 Å². The van der Waals surface area contributed by atoms with Gasteiger partial charge in [-0.15, -0.1) is 0 Å². The maximum atomic E-state index is 12.7. The number of rotatable bonds is 6. The van der Waals surface area contributed by atoms with Crippen molar-refractivity contribution in [1.29, 1.82) is 0 Å². The molecule has 1 aromatic carbocycles. The number of ether oxygens (including phenoxy) is 1. The number of piperazine rings is 1. The Morgan fingerprint density at radius 3 is 2.53 bits per heavy atom. The molecule has 6 nitrogen and oxygen atoms in total. The number of benzene rings is 1. The Hall–Kier alpha value is -2.52. The van der Waals surface area contributed by atoms with Crippen LogP contribution in [0.4, 0.5) is 24.7 Å². The van der Waals surface area contributed by atoms with Crippen LogP contribution in [0.15, 0.2) is 36.5 Å². The molecule has 2 aromatic rings. The topological polar surface area (TPSA) is 57.7 Å². The molecular weight excluding hydrogens is 421 g/mol. The van der Waals surface area contributed by atoms with Gasteiger partial charge in [0.25, 0.3) is 0 Å². The maximum absolute atomic E-state index is 12.7. The first-order valence-electron chi connectivity index (χ1n) is 9.40. The first-order chi connectivity index (χ1) is 14.3. The Kier molecular flexibility index (Phi) is 7.04. The average molecular weight is 443 g/mol. The Morgan fingerprint density at radius 1 is 1.20 bits per heavy atom. The average Bonchev–Trinajstić information content (AvgIpc) is 2.72. The summed E-state index contributed by atoms with van der Waals surface area (Å²) in [6.45, 7) is 3.21. The number of alkyl halides is 3. The molecule has 1 aliphatic heterocycles. The molecule has 10 heteroatoms. The fourth-order valence-corrected chi connectivity index (χ4v) is 3.36. The quantitative estimate of drug-likeness (QED) is 0.735. The normalized spacial score (nSPS) is 15.2. The number of nitrogens with zero attached hydrogens (tertiary/aromatic N) is 3. The lowest BCUT2D eigenvalue weighted by Gasteiger charge is -2.35. The van der Waals surface area contributed by atoms with Crippen molar-refractivity contribution in [3.8, 4) is 5.75 Å². The largest absolute Gasteiger partial charge is 0.495 e. The van der Waals surface area contributed by atoms with E-state index in [9.17, 15) is 18.0 Å². The summed E-state index contributed by atoms with van der Waals surface area (Å²) in [7, 11) is 1.52. The first kappa shape index (κ1) is 22.2. The predicted molar refractivity (Wildman–Crippen MR) is 109 cm³/mol. The van der Waals surface area contributed by atoms with Gasteiger partial charge in [-0.2, -0.15) is 13.2 Å². The number of carbonyl (C=O) groups is 1. The molecule has 0 atom stereocenters. The third kappa shape index (κ3) is 5.76. The molecule has 0 aliphatic carbocycles. The second-order valence-corrected chi connectivity index (χ2v) is 7.31. The molecule has 1 N–H and O–H groups in total. The molecule has 2 heterocycles. The monoisotopic (exact) mass is 442 g/mol. The summed E-state index contributed by atoms with van der Waals surface area (Å²) in [5.41, 5.74) is -0.236. The molecule has 0 spiro atoms. The van der Waals surface area contributed by atoms with Gasteiger partial charge < -0.3 is 15.0 Å². The summed E-state index contributed by atoms with van der Waals surface area (Å²) in [6.07, 6.45) is -3.23. The SMILES string of the molecule is COc1ccc(Cl)cc1NC(=O)CCN1CCN(c2ccc(C(F)(F)F)cn2)CC1. The van der Waals surface area contributed by atoms with E-state index in [2.05, 4.69) is 15.2 Å². The van der Waals surface area contributed by atoms with Crippen molar-refractivity contribution in [2.75, 3.05) is 50.1 Å². The molecule has 0 saturated carbocycles. The van der Waals surface area contributed by atoms with Crippen LogP contribution in [0.1, 0.15) is 12.0 Å². The number of hydrogen-bond donors (Lipinski definition) is 1. The number of halogens is 4. The summed E-state index contributed by atoms with van der Waals surface area (Å²) in [4.78, 5) is 20.3. The number of hydrogen-bond acceptors (Lipinski definition) is 5. The van der Waals surface area contributed by atoms with E-state index < -0.39 is 11.7 Å². The van der Waals surface area contributed by atoms with Gasteiger partial charge in [-0.25, -0.2) is 4.98 Å². The smallest absolute Gasteiger partial charge is 0.417 e. The molecule has 30 heavy (non-hydrogen) atoms.